The van der Waals surface area contributed by atoms with Crippen LogP contribution in [-0.4, -0.2) is 0 Å². The van der Waals surface area contributed by atoms with Gasteiger partial charge in [-0.1, -0.05) is 0 Å². The highest BCUT2D eigenvalue weighted by Crippen LogP contribution is 2.01. The van der Waals surface area contributed by atoms with Crippen LogP contribution >= 0.6 is 0 Å². The summed E-state index contributed by atoms with van der Waals surface area (Å²) in [7, 11) is 0. The van der Waals surface area contributed by atoms with Crippen molar-refractivity contribution in [2.75, 3.05) is 0 Å². The average Bonchev–Trinajstić information content (AvgIpc) is 1.61. The van der Waals surface area contributed by atoms with Crippen molar-refractivity contribution in [2.45, 2.75) is 0 Å². The van der Waals surface area contributed by atoms with Gasteiger partial charge < -0.3 is 0 Å². The summed E-state index contributed by atoms with van der Waals surface area (Å²) in [5.74, 6) is 0. The van der Waals surface area contributed by atoms with Crippen molar-refractivity contribution in [3.63, 3.8) is 0 Å². The Kier molecular flexibility index (Phi) is 2.91. The highest BCUT2D eigenvalue weighted by atomic mass is 19.3. The Morgan fingerprint density at radius 2 is 1.00 bits per heavy atom. The van der Waals surface area contributed by atoms with Gasteiger partial charge in [-0.2, -0.15) is 17.6 Å². The molecular formula is C4H2F4. The van der Waals surface area contributed by atoms with E-state index in [1.807, 2.05) is 0 Å². The average molecular weight is 126 g/mol. The van der Waals surface area contributed by atoms with Crippen LogP contribution in [0.3, 0.4) is 0 Å². The van der Waals surface area contributed by atoms with Gasteiger partial charge in [0, 0.05) is 12.2 Å². The minimum atomic E-state index is -2.13. The van der Waals surface area contributed by atoms with Crippen LogP contribution in [0.5, 0.6) is 0 Å². The Labute approximate surface area is 43.1 Å². The molecule has 0 amide bonds. The Morgan fingerprint density at radius 1 is 0.750 bits per heavy atom. The molecule has 0 saturated carbocycles. The molecule has 0 radical (unpaired) electrons. The molecule has 46 valence electrons. The van der Waals surface area contributed by atoms with Gasteiger partial charge in [-0.15, -0.1) is 0 Å². The highest BCUT2D eigenvalue weighted by Gasteiger charge is 1.86. The molecule has 0 aromatic carbocycles. The standard InChI is InChI=1S/C4H2F4/c5-3(6)1-2-4(7)8/h1-2H. The van der Waals surface area contributed by atoms with Crippen LogP contribution in [0.2, 0.25) is 0 Å². The Bertz CT molecular complexity index is 100. The third-order valence-electron chi connectivity index (χ3n) is 0.335. The van der Waals surface area contributed by atoms with Crippen molar-refractivity contribution in [3.8, 4) is 0 Å². The van der Waals surface area contributed by atoms with Crippen LogP contribution in [-0.2, 0) is 0 Å². The van der Waals surface area contributed by atoms with Gasteiger partial charge in [-0.25, -0.2) is 0 Å². The summed E-state index contributed by atoms with van der Waals surface area (Å²) in [4.78, 5) is 0. The molecule has 0 nitrogen and oxygen atoms in total. The SMILES string of the molecule is FC(F)=CC=C(F)F. The smallest absolute Gasteiger partial charge is 0.173 e. The lowest BCUT2D eigenvalue weighted by atomic mass is 10.6. The Balaban J connectivity index is 3.76. The van der Waals surface area contributed by atoms with Gasteiger partial charge in [-0.3, -0.25) is 0 Å². The normalized spacial score (nSPS) is 8.00. The second-order valence-corrected chi connectivity index (χ2v) is 0.913. The fourth-order valence-corrected chi connectivity index (χ4v) is 0.126. The molecule has 4 heteroatoms. The van der Waals surface area contributed by atoms with Crippen molar-refractivity contribution in [2.24, 2.45) is 0 Å². The summed E-state index contributed by atoms with van der Waals surface area (Å²) in [6.45, 7) is 0. The first kappa shape index (κ1) is 7.20. The van der Waals surface area contributed by atoms with Crippen LogP contribution in [0.1, 0.15) is 0 Å². The van der Waals surface area contributed by atoms with E-state index in [0.29, 0.717) is 0 Å². The van der Waals surface area contributed by atoms with E-state index in [-0.39, 0.29) is 12.2 Å². The molecule has 0 spiro atoms. The predicted molar refractivity (Wildman–Crippen MR) is 20.6 cm³/mol. The lowest BCUT2D eigenvalue weighted by Crippen LogP contribution is -1.56. The zero-order valence-electron chi connectivity index (χ0n) is 3.67. The second-order valence-electron chi connectivity index (χ2n) is 0.913. The molecule has 0 atom stereocenters. The molecule has 0 rings (SSSR count). The number of hydrogen-bond acceptors (Lipinski definition) is 0. The van der Waals surface area contributed by atoms with Crippen molar-refractivity contribution < 1.29 is 17.6 Å². The summed E-state index contributed by atoms with van der Waals surface area (Å²) >= 11 is 0. The van der Waals surface area contributed by atoms with E-state index in [9.17, 15) is 17.6 Å². The molecule has 0 N–H and O–H groups in total. The van der Waals surface area contributed by atoms with E-state index in [1.54, 1.807) is 0 Å². The zero-order chi connectivity index (χ0) is 6.57. The largest absolute Gasteiger partial charge is 0.270 e. The number of rotatable bonds is 1. The van der Waals surface area contributed by atoms with Gasteiger partial charge in [0.1, 0.15) is 0 Å². The molecule has 0 aliphatic carbocycles. The van der Waals surface area contributed by atoms with E-state index in [1.165, 1.54) is 0 Å². The maximum Gasteiger partial charge on any atom is 0.270 e. The van der Waals surface area contributed by atoms with Gasteiger partial charge in [0.05, 0.1) is 0 Å². The Hall–Kier alpha value is -0.800. The maximum atomic E-state index is 10.9. The molecule has 0 aliphatic heterocycles. The van der Waals surface area contributed by atoms with E-state index in [4.69, 9.17) is 0 Å². The third-order valence-corrected chi connectivity index (χ3v) is 0.335. The first-order valence-corrected chi connectivity index (χ1v) is 1.67. The van der Waals surface area contributed by atoms with E-state index < -0.39 is 12.2 Å². The predicted octanol–water partition coefficient (Wildman–Crippen LogP) is 2.55. The van der Waals surface area contributed by atoms with Gasteiger partial charge >= 0.3 is 0 Å². The summed E-state index contributed by atoms with van der Waals surface area (Å²) < 4.78 is 43.5. The van der Waals surface area contributed by atoms with E-state index in [2.05, 4.69) is 0 Å². The van der Waals surface area contributed by atoms with Crippen molar-refractivity contribution in [3.05, 3.63) is 24.3 Å². The number of allylic oxidation sites excluding steroid dienone is 2. The second kappa shape index (κ2) is 3.23. The van der Waals surface area contributed by atoms with Crippen LogP contribution < -0.4 is 0 Å². The van der Waals surface area contributed by atoms with Crippen molar-refractivity contribution >= 4 is 0 Å². The first-order chi connectivity index (χ1) is 3.63. The summed E-state index contributed by atoms with van der Waals surface area (Å²) in [5.41, 5.74) is 0. The summed E-state index contributed by atoms with van der Waals surface area (Å²) in [6.07, 6.45) is -4.18. The number of hydrogen-bond donors (Lipinski definition) is 0. The highest BCUT2D eigenvalue weighted by molar-refractivity contribution is 5.02. The topological polar surface area (TPSA) is 0 Å². The molecule has 8 heavy (non-hydrogen) atoms. The quantitative estimate of drug-likeness (QED) is 0.374. The summed E-state index contributed by atoms with van der Waals surface area (Å²) in [6, 6.07) is 0. The molecular weight excluding hydrogens is 124 g/mol. The number of halogens is 4. The minimum absolute atomic E-state index is 0.0370. The van der Waals surface area contributed by atoms with Crippen LogP contribution in [0.15, 0.2) is 24.3 Å². The molecule has 0 bridgehead atoms. The lowest BCUT2D eigenvalue weighted by molar-refractivity contribution is 0.410. The monoisotopic (exact) mass is 126 g/mol. The summed E-state index contributed by atoms with van der Waals surface area (Å²) in [5, 5.41) is 0. The zero-order valence-corrected chi connectivity index (χ0v) is 3.67. The molecule has 0 heterocycles. The van der Waals surface area contributed by atoms with Crippen molar-refractivity contribution in [1.29, 1.82) is 0 Å². The van der Waals surface area contributed by atoms with Gasteiger partial charge in [0.25, 0.3) is 12.2 Å². The van der Waals surface area contributed by atoms with Crippen LogP contribution in [0, 0.1) is 0 Å². The molecule has 0 fully saturated rings. The van der Waals surface area contributed by atoms with Gasteiger partial charge in [0.2, 0.25) is 0 Å². The lowest BCUT2D eigenvalue weighted by Gasteiger charge is -1.72. The van der Waals surface area contributed by atoms with Gasteiger partial charge in [0.15, 0.2) is 0 Å². The molecule has 0 aromatic heterocycles. The van der Waals surface area contributed by atoms with Crippen LogP contribution in [0.25, 0.3) is 0 Å². The fraction of sp³-hybridized carbons (Fsp3) is 0. The van der Waals surface area contributed by atoms with E-state index in [0.717, 1.165) is 0 Å². The van der Waals surface area contributed by atoms with Crippen LogP contribution in [0.4, 0.5) is 17.6 Å². The fourth-order valence-electron chi connectivity index (χ4n) is 0.126. The van der Waals surface area contributed by atoms with Crippen molar-refractivity contribution in [1.82, 2.24) is 0 Å². The molecule has 0 unspecified atom stereocenters. The van der Waals surface area contributed by atoms with E-state index >= 15 is 0 Å². The Morgan fingerprint density at radius 3 is 1.12 bits per heavy atom. The minimum Gasteiger partial charge on any atom is -0.173 e. The molecule has 0 aliphatic rings. The molecule has 0 aromatic rings. The van der Waals surface area contributed by atoms with Gasteiger partial charge in [-0.05, 0) is 0 Å². The maximum absolute atomic E-state index is 10.9. The molecule has 0 saturated heterocycles. The first-order valence-electron chi connectivity index (χ1n) is 1.67. The third kappa shape index (κ3) is 5.20.